The van der Waals surface area contributed by atoms with E-state index in [9.17, 15) is 18.0 Å². The number of ketones is 1. The fraction of sp³-hybridized carbons (Fsp3) is 0.300. The predicted octanol–water partition coefficient (Wildman–Crippen LogP) is 2.24. The van der Waals surface area contributed by atoms with Crippen molar-refractivity contribution in [2.75, 3.05) is 24.9 Å². The molecule has 7 nitrogen and oxygen atoms in total. The first-order chi connectivity index (χ1) is 13.3. The first-order valence-electron chi connectivity index (χ1n) is 8.71. The molecule has 0 saturated heterocycles. The minimum absolute atomic E-state index is 0.0856. The van der Waals surface area contributed by atoms with Crippen LogP contribution in [0.2, 0.25) is 0 Å². The summed E-state index contributed by atoms with van der Waals surface area (Å²) in [4.78, 5) is 26.9. The zero-order valence-electron chi connectivity index (χ0n) is 15.8. The van der Waals surface area contributed by atoms with Crippen LogP contribution in [0.5, 0.6) is 11.5 Å². The van der Waals surface area contributed by atoms with Crippen LogP contribution in [0.25, 0.3) is 0 Å². The van der Waals surface area contributed by atoms with Crippen LogP contribution in [0, 0.1) is 0 Å². The highest BCUT2D eigenvalue weighted by Gasteiger charge is 2.47. The van der Waals surface area contributed by atoms with Gasteiger partial charge in [0.25, 0.3) is 0 Å². The second-order valence-electron chi connectivity index (χ2n) is 6.32. The Balaban J connectivity index is 2.00. The number of nitrogens with zero attached hydrogens (tertiary/aromatic N) is 1. The first kappa shape index (κ1) is 19.9. The Bertz CT molecular complexity index is 1030. The second-order valence-corrected chi connectivity index (χ2v) is 8.66. The van der Waals surface area contributed by atoms with Crippen molar-refractivity contribution in [1.29, 1.82) is 0 Å². The minimum Gasteiger partial charge on any atom is -0.493 e. The van der Waals surface area contributed by atoms with Gasteiger partial charge in [0, 0.05) is 11.3 Å². The highest BCUT2D eigenvalue weighted by Crippen LogP contribution is 2.35. The molecular weight excluding hydrogens is 382 g/mol. The third-order valence-corrected chi connectivity index (χ3v) is 6.61. The number of carbonyl (C=O) groups excluding carboxylic acids is 2. The summed E-state index contributed by atoms with van der Waals surface area (Å²) < 4.78 is 35.6. The van der Waals surface area contributed by atoms with E-state index in [1.165, 1.54) is 21.1 Å². The Hall–Kier alpha value is -2.87. The molecule has 0 spiro atoms. The Labute approximate surface area is 163 Å². The molecule has 0 N–H and O–H groups in total. The van der Waals surface area contributed by atoms with Crippen LogP contribution in [0.4, 0.5) is 5.69 Å². The van der Waals surface area contributed by atoms with E-state index in [4.69, 9.17) is 9.47 Å². The molecule has 2 aromatic carbocycles. The van der Waals surface area contributed by atoms with Gasteiger partial charge in [-0.15, -0.1) is 0 Å². The summed E-state index contributed by atoms with van der Waals surface area (Å²) in [5.74, 6) is -0.307. The van der Waals surface area contributed by atoms with Crippen molar-refractivity contribution in [2.45, 2.75) is 18.7 Å². The monoisotopic (exact) mass is 403 g/mol. The number of fused-ring (bicyclic) bond motifs is 1. The van der Waals surface area contributed by atoms with Crippen LogP contribution in [0.15, 0.2) is 42.5 Å². The number of rotatable bonds is 6. The van der Waals surface area contributed by atoms with Crippen LogP contribution in [0.1, 0.15) is 22.8 Å². The van der Waals surface area contributed by atoms with Crippen LogP contribution < -0.4 is 14.4 Å². The lowest BCUT2D eigenvalue weighted by Gasteiger charge is -2.24. The van der Waals surface area contributed by atoms with Crippen molar-refractivity contribution >= 4 is 27.2 Å². The van der Waals surface area contributed by atoms with Gasteiger partial charge in [-0.25, -0.2) is 8.42 Å². The van der Waals surface area contributed by atoms with E-state index >= 15 is 0 Å². The largest absolute Gasteiger partial charge is 0.493 e. The van der Waals surface area contributed by atoms with E-state index in [1.54, 1.807) is 42.5 Å². The highest BCUT2D eigenvalue weighted by atomic mass is 32.2. The van der Waals surface area contributed by atoms with Crippen molar-refractivity contribution in [3.63, 3.8) is 0 Å². The molecule has 0 aromatic heterocycles. The maximum atomic E-state index is 13.1. The summed E-state index contributed by atoms with van der Waals surface area (Å²) in [6, 6.07) is 11.5. The van der Waals surface area contributed by atoms with Gasteiger partial charge in [-0.05, 0) is 29.8 Å². The molecule has 8 heteroatoms. The van der Waals surface area contributed by atoms with E-state index in [2.05, 4.69) is 0 Å². The summed E-state index contributed by atoms with van der Waals surface area (Å²) in [6.07, 6.45) is -0.0856. The predicted molar refractivity (Wildman–Crippen MR) is 105 cm³/mol. The van der Waals surface area contributed by atoms with E-state index in [1.807, 2.05) is 0 Å². The standard InChI is InChI=1S/C20H21NO6S/c1-4-28(24,25)20-19(23)14-7-5-6-8-15(14)21(20)18(22)12-13-9-10-16(26-2)17(11-13)27-3/h5-11,20H,4,12H2,1-3H3. The molecule has 0 saturated carbocycles. The van der Waals surface area contributed by atoms with E-state index in [0.717, 1.165) is 4.90 Å². The molecule has 3 rings (SSSR count). The smallest absolute Gasteiger partial charge is 0.232 e. The second kappa shape index (κ2) is 7.63. The van der Waals surface area contributed by atoms with Crippen LogP contribution >= 0.6 is 0 Å². The lowest BCUT2D eigenvalue weighted by molar-refractivity contribution is -0.118. The normalized spacial score (nSPS) is 16.0. The zero-order chi connectivity index (χ0) is 20.5. The number of carbonyl (C=O) groups is 2. The molecule has 28 heavy (non-hydrogen) atoms. The summed E-state index contributed by atoms with van der Waals surface area (Å²) in [6.45, 7) is 1.46. The molecule has 0 radical (unpaired) electrons. The summed E-state index contributed by atoms with van der Waals surface area (Å²) in [5, 5.41) is -1.53. The number of sulfone groups is 1. The fourth-order valence-corrected chi connectivity index (χ4v) is 4.59. The number of anilines is 1. The van der Waals surface area contributed by atoms with Crippen molar-refractivity contribution in [3.05, 3.63) is 53.6 Å². The number of amides is 1. The summed E-state index contributed by atoms with van der Waals surface area (Å²) in [7, 11) is -0.816. The minimum atomic E-state index is -3.81. The van der Waals surface area contributed by atoms with Crippen molar-refractivity contribution in [1.82, 2.24) is 0 Å². The maximum Gasteiger partial charge on any atom is 0.232 e. The molecule has 2 aromatic rings. The lowest BCUT2D eigenvalue weighted by atomic mass is 10.1. The molecule has 1 atom stereocenters. The molecule has 148 valence electrons. The maximum absolute atomic E-state index is 13.1. The molecule has 1 aliphatic heterocycles. The van der Waals surface area contributed by atoms with Gasteiger partial charge >= 0.3 is 0 Å². The molecular formula is C20H21NO6S. The molecule has 1 unspecified atom stereocenters. The number of Topliss-reactive ketones (excluding diaryl/α,β-unsaturated/α-hetero) is 1. The van der Waals surface area contributed by atoms with Gasteiger partial charge in [0.15, 0.2) is 21.3 Å². The van der Waals surface area contributed by atoms with Gasteiger partial charge in [0.1, 0.15) is 0 Å². The quantitative estimate of drug-likeness (QED) is 0.735. The fourth-order valence-electron chi connectivity index (χ4n) is 3.27. The lowest BCUT2D eigenvalue weighted by Crippen LogP contribution is -2.46. The van der Waals surface area contributed by atoms with Gasteiger partial charge in [-0.1, -0.05) is 25.1 Å². The van der Waals surface area contributed by atoms with Gasteiger partial charge < -0.3 is 9.47 Å². The van der Waals surface area contributed by atoms with E-state index in [0.29, 0.717) is 22.7 Å². The molecule has 1 heterocycles. The number of ether oxygens (including phenoxy) is 2. The Morgan fingerprint density at radius 2 is 1.75 bits per heavy atom. The third-order valence-electron chi connectivity index (χ3n) is 4.70. The Morgan fingerprint density at radius 1 is 1.07 bits per heavy atom. The van der Waals surface area contributed by atoms with E-state index < -0.39 is 26.9 Å². The number of benzene rings is 2. The van der Waals surface area contributed by atoms with Gasteiger partial charge in [0.2, 0.25) is 17.1 Å². The summed E-state index contributed by atoms with van der Waals surface area (Å²) in [5.41, 5.74) is 1.18. The Kier molecular flexibility index (Phi) is 5.42. The summed E-state index contributed by atoms with van der Waals surface area (Å²) >= 11 is 0. The first-order valence-corrected chi connectivity index (χ1v) is 10.4. The number of methoxy groups -OCH3 is 2. The average Bonchev–Trinajstić information content (AvgIpc) is 3.01. The van der Waals surface area contributed by atoms with Crippen LogP contribution in [0.3, 0.4) is 0 Å². The van der Waals surface area contributed by atoms with Gasteiger partial charge in [-0.3, -0.25) is 14.5 Å². The van der Waals surface area contributed by atoms with Gasteiger partial charge in [-0.2, -0.15) is 0 Å². The number of hydrogen-bond acceptors (Lipinski definition) is 6. The van der Waals surface area contributed by atoms with Crippen molar-refractivity contribution in [3.8, 4) is 11.5 Å². The molecule has 0 bridgehead atoms. The van der Waals surface area contributed by atoms with Crippen molar-refractivity contribution < 1.29 is 27.5 Å². The average molecular weight is 403 g/mol. The molecule has 1 amide bonds. The third kappa shape index (κ3) is 3.35. The SMILES string of the molecule is CCS(=O)(=O)C1C(=O)c2ccccc2N1C(=O)Cc1ccc(OC)c(OC)c1. The van der Waals surface area contributed by atoms with E-state index in [-0.39, 0.29) is 17.7 Å². The molecule has 0 aliphatic carbocycles. The number of hydrogen-bond donors (Lipinski definition) is 0. The van der Waals surface area contributed by atoms with Crippen molar-refractivity contribution in [2.24, 2.45) is 0 Å². The molecule has 0 fully saturated rings. The Morgan fingerprint density at radius 3 is 2.39 bits per heavy atom. The van der Waals surface area contributed by atoms with Gasteiger partial charge in [0.05, 0.1) is 26.3 Å². The highest BCUT2D eigenvalue weighted by molar-refractivity contribution is 7.93. The topological polar surface area (TPSA) is 90.0 Å². The molecule has 1 aliphatic rings. The number of para-hydroxylation sites is 1. The zero-order valence-corrected chi connectivity index (χ0v) is 16.7. The van der Waals surface area contributed by atoms with Crippen LogP contribution in [-0.2, 0) is 21.1 Å². The van der Waals surface area contributed by atoms with Crippen LogP contribution in [-0.4, -0.2) is 45.5 Å².